The Morgan fingerprint density at radius 3 is 2.71 bits per heavy atom. The Morgan fingerprint density at radius 1 is 1.12 bits per heavy atom. The van der Waals surface area contributed by atoms with Crippen molar-refractivity contribution in [3.05, 3.63) is 35.9 Å². The number of carbonyl (C=O) groups excluding carboxylic acids is 1. The number of fused-ring (bicyclic) bond motifs is 5. The molecule has 2 saturated carbocycles. The lowest BCUT2D eigenvalue weighted by atomic mass is 9.76. The van der Waals surface area contributed by atoms with E-state index in [9.17, 15) is 4.79 Å². The number of likely N-dealkylation sites (tertiary alicyclic amines) is 1. The summed E-state index contributed by atoms with van der Waals surface area (Å²) in [7, 11) is 0. The summed E-state index contributed by atoms with van der Waals surface area (Å²) in [4.78, 5) is 14.3. The minimum Gasteiger partial charge on any atom is -0.334 e. The number of amides is 1. The SMILES string of the molecule is O=C1C2C3CCC(C3)C2N1Cc1ccccc1. The van der Waals surface area contributed by atoms with Gasteiger partial charge in [0.2, 0.25) is 5.91 Å². The second kappa shape index (κ2) is 3.34. The molecule has 0 aromatic heterocycles. The third kappa shape index (κ3) is 1.24. The topological polar surface area (TPSA) is 20.3 Å². The van der Waals surface area contributed by atoms with Crippen LogP contribution in [0.2, 0.25) is 0 Å². The highest BCUT2D eigenvalue weighted by Crippen LogP contribution is 2.56. The number of hydrogen-bond acceptors (Lipinski definition) is 1. The van der Waals surface area contributed by atoms with Crippen molar-refractivity contribution in [2.45, 2.75) is 31.8 Å². The first-order valence-electron chi connectivity index (χ1n) is 6.69. The number of benzene rings is 1. The van der Waals surface area contributed by atoms with Gasteiger partial charge in [-0.15, -0.1) is 0 Å². The van der Waals surface area contributed by atoms with Gasteiger partial charge in [-0.25, -0.2) is 0 Å². The highest BCUT2D eigenvalue weighted by atomic mass is 16.2. The Hall–Kier alpha value is -1.31. The maximum atomic E-state index is 12.2. The first-order valence-corrected chi connectivity index (χ1v) is 6.69. The van der Waals surface area contributed by atoms with Crippen LogP contribution < -0.4 is 0 Å². The Labute approximate surface area is 102 Å². The van der Waals surface area contributed by atoms with E-state index in [1.54, 1.807) is 0 Å². The van der Waals surface area contributed by atoms with Crippen LogP contribution in [0, 0.1) is 17.8 Å². The van der Waals surface area contributed by atoms with Crippen LogP contribution in [-0.4, -0.2) is 16.8 Å². The van der Waals surface area contributed by atoms with E-state index in [-0.39, 0.29) is 0 Å². The van der Waals surface area contributed by atoms with E-state index >= 15 is 0 Å². The molecule has 2 bridgehead atoms. The Balaban J connectivity index is 1.55. The summed E-state index contributed by atoms with van der Waals surface area (Å²) in [5, 5.41) is 0. The van der Waals surface area contributed by atoms with Crippen molar-refractivity contribution < 1.29 is 4.79 Å². The van der Waals surface area contributed by atoms with Gasteiger partial charge >= 0.3 is 0 Å². The monoisotopic (exact) mass is 227 g/mol. The van der Waals surface area contributed by atoms with Gasteiger partial charge in [0.05, 0.1) is 5.92 Å². The van der Waals surface area contributed by atoms with Crippen molar-refractivity contribution in [1.29, 1.82) is 0 Å². The fraction of sp³-hybridized carbons (Fsp3) is 0.533. The van der Waals surface area contributed by atoms with Crippen LogP contribution in [0.25, 0.3) is 0 Å². The van der Waals surface area contributed by atoms with Crippen LogP contribution in [0.5, 0.6) is 0 Å². The normalized spacial score (nSPS) is 38.1. The molecule has 1 amide bonds. The molecule has 1 heterocycles. The Kier molecular flexibility index (Phi) is 1.91. The lowest BCUT2D eigenvalue weighted by Gasteiger charge is -2.49. The van der Waals surface area contributed by atoms with E-state index in [0.29, 0.717) is 17.9 Å². The zero-order valence-electron chi connectivity index (χ0n) is 9.88. The minimum atomic E-state index is 0.400. The van der Waals surface area contributed by atoms with E-state index in [1.165, 1.54) is 24.8 Å². The second-order valence-corrected chi connectivity index (χ2v) is 5.80. The molecule has 2 heteroatoms. The van der Waals surface area contributed by atoms with Gasteiger partial charge in [-0.05, 0) is 36.7 Å². The van der Waals surface area contributed by atoms with Gasteiger partial charge in [0.15, 0.2) is 0 Å². The molecular formula is C15H17NO. The lowest BCUT2D eigenvalue weighted by Crippen LogP contribution is -2.62. The van der Waals surface area contributed by atoms with Crippen molar-refractivity contribution in [2.75, 3.05) is 0 Å². The van der Waals surface area contributed by atoms with E-state index in [0.717, 1.165) is 18.4 Å². The van der Waals surface area contributed by atoms with Crippen molar-refractivity contribution in [2.24, 2.45) is 17.8 Å². The molecule has 2 nitrogen and oxygen atoms in total. The molecule has 88 valence electrons. The van der Waals surface area contributed by atoms with Crippen molar-refractivity contribution in [3.63, 3.8) is 0 Å². The van der Waals surface area contributed by atoms with E-state index in [1.807, 2.05) is 6.07 Å². The molecule has 1 aromatic rings. The van der Waals surface area contributed by atoms with Gasteiger partial charge in [-0.3, -0.25) is 4.79 Å². The van der Waals surface area contributed by atoms with Crippen molar-refractivity contribution in [3.8, 4) is 0 Å². The van der Waals surface area contributed by atoms with Crippen LogP contribution in [0.1, 0.15) is 24.8 Å². The summed E-state index contributed by atoms with van der Waals surface area (Å²) >= 11 is 0. The summed E-state index contributed by atoms with van der Waals surface area (Å²) in [6, 6.07) is 11.0. The quantitative estimate of drug-likeness (QED) is 0.711. The third-order valence-corrected chi connectivity index (χ3v) is 5.00. The predicted octanol–water partition coefficient (Wildman–Crippen LogP) is 2.44. The molecule has 3 fully saturated rings. The van der Waals surface area contributed by atoms with Crippen molar-refractivity contribution in [1.82, 2.24) is 4.90 Å². The molecule has 0 radical (unpaired) electrons. The predicted molar refractivity (Wildman–Crippen MR) is 65.1 cm³/mol. The van der Waals surface area contributed by atoms with Crippen LogP contribution in [0.15, 0.2) is 30.3 Å². The Morgan fingerprint density at radius 2 is 1.88 bits per heavy atom. The summed E-state index contributed by atoms with van der Waals surface area (Å²) in [5.41, 5.74) is 1.27. The highest BCUT2D eigenvalue weighted by Gasteiger charge is 2.61. The lowest BCUT2D eigenvalue weighted by molar-refractivity contribution is -0.161. The minimum absolute atomic E-state index is 0.400. The van der Waals surface area contributed by atoms with E-state index < -0.39 is 0 Å². The maximum absolute atomic E-state index is 12.2. The standard InChI is InChI=1S/C15H17NO/c17-15-13-11-6-7-12(8-11)14(13)16(15)9-10-4-2-1-3-5-10/h1-5,11-14H,6-9H2. The average Bonchev–Trinajstić information content (AvgIpc) is 2.95. The van der Waals surface area contributed by atoms with Crippen LogP contribution in [0.4, 0.5) is 0 Å². The first-order chi connectivity index (χ1) is 8.34. The van der Waals surface area contributed by atoms with Gasteiger partial charge in [0, 0.05) is 12.6 Å². The molecular weight excluding hydrogens is 210 g/mol. The number of carbonyl (C=O) groups is 1. The molecule has 1 aliphatic heterocycles. The zero-order chi connectivity index (χ0) is 11.4. The smallest absolute Gasteiger partial charge is 0.228 e. The summed E-state index contributed by atoms with van der Waals surface area (Å²) in [6.07, 6.45) is 3.97. The molecule has 0 N–H and O–H groups in total. The molecule has 4 rings (SSSR count). The molecule has 4 unspecified atom stereocenters. The maximum Gasteiger partial charge on any atom is 0.228 e. The van der Waals surface area contributed by atoms with Gasteiger partial charge in [-0.1, -0.05) is 30.3 Å². The second-order valence-electron chi connectivity index (χ2n) is 5.80. The molecule has 1 saturated heterocycles. The van der Waals surface area contributed by atoms with Crippen LogP contribution in [-0.2, 0) is 11.3 Å². The molecule has 3 aliphatic rings. The number of nitrogens with zero attached hydrogens (tertiary/aromatic N) is 1. The fourth-order valence-electron chi connectivity index (χ4n) is 4.28. The van der Waals surface area contributed by atoms with E-state index in [2.05, 4.69) is 29.2 Å². The average molecular weight is 227 g/mol. The molecule has 2 aliphatic carbocycles. The largest absolute Gasteiger partial charge is 0.334 e. The van der Waals surface area contributed by atoms with Crippen LogP contribution in [0.3, 0.4) is 0 Å². The summed E-state index contributed by atoms with van der Waals surface area (Å²) in [6.45, 7) is 0.823. The molecule has 4 atom stereocenters. The number of rotatable bonds is 2. The highest BCUT2D eigenvalue weighted by molar-refractivity contribution is 5.87. The van der Waals surface area contributed by atoms with Crippen LogP contribution >= 0.6 is 0 Å². The van der Waals surface area contributed by atoms with Gasteiger partial charge in [0.25, 0.3) is 0 Å². The molecule has 17 heavy (non-hydrogen) atoms. The third-order valence-electron chi connectivity index (χ3n) is 5.00. The fourth-order valence-corrected chi connectivity index (χ4v) is 4.28. The zero-order valence-corrected chi connectivity index (χ0v) is 9.88. The molecule has 1 aromatic carbocycles. The number of hydrogen-bond donors (Lipinski definition) is 0. The number of β-lactam (4-membered cyclic amide) rings is 1. The Bertz CT molecular complexity index is 455. The van der Waals surface area contributed by atoms with Gasteiger partial charge < -0.3 is 4.90 Å². The molecule has 0 spiro atoms. The summed E-state index contributed by atoms with van der Waals surface area (Å²) < 4.78 is 0. The van der Waals surface area contributed by atoms with E-state index in [4.69, 9.17) is 0 Å². The van der Waals surface area contributed by atoms with Crippen molar-refractivity contribution >= 4 is 5.91 Å². The first kappa shape index (κ1) is 9.69. The summed E-state index contributed by atoms with van der Waals surface area (Å²) in [5.74, 6) is 2.36. The van der Waals surface area contributed by atoms with Gasteiger partial charge in [-0.2, -0.15) is 0 Å². The van der Waals surface area contributed by atoms with Gasteiger partial charge in [0.1, 0.15) is 0 Å².